The van der Waals surface area contributed by atoms with Gasteiger partial charge in [0, 0.05) is 26.4 Å². The van der Waals surface area contributed by atoms with Gasteiger partial charge >= 0.3 is 0 Å². The summed E-state index contributed by atoms with van der Waals surface area (Å²) >= 11 is 0. The fraction of sp³-hybridized carbons (Fsp3) is 0.355. The molecule has 0 saturated heterocycles. The van der Waals surface area contributed by atoms with Gasteiger partial charge in [-0.1, -0.05) is 105 Å². The Morgan fingerprint density at radius 2 is 1.43 bits per heavy atom. The molecular weight excluding hydrogens is 432 g/mol. The lowest BCUT2D eigenvalue weighted by atomic mass is 9.86. The van der Waals surface area contributed by atoms with E-state index in [1.54, 1.807) is 11.9 Å². The molecule has 1 atom stereocenters. The minimum absolute atomic E-state index is 0.0185. The first-order valence-corrected chi connectivity index (χ1v) is 12.4. The highest BCUT2D eigenvalue weighted by Crippen LogP contribution is 2.23. The van der Waals surface area contributed by atoms with Crippen LogP contribution < -0.4 is 5.32 Å². The second-order valence-corrected chi connectivity index (χ2v) is 10.3. The van der Waals surface area contributed by atoms with Gasteiger partial charge in [0.25, 0.3) is 0 Å². The van der Waals surface area contributed by atoms with Crippen LogP contribution in [0.25, 0.3) is 0 Å². The number of carbonyl (C=O) groups excluding carboxylic acids is 2. The number of likely N-dealkylation sites (N-methyl/N-ethyl adjacent to an activating group) is 1. The van der Waals surface area contributed by atoms with Crippen molar-refractivity contribution < 1.29 is 9.59 Å². The number of amides is 2. The average molecular weight is 471 g/mol. The summed E-state index contributed by atoms with van der Waals surface area (Å²) in [6, 6.07) is 26.0. The van der Waals surface area contributed by atoms with Crippen LogP contribution in [0.2, 0.25) is 0 Å². The monoisotopic (exact) mass is 470 g/mol. The van der Waals surface area contributed by atoms with Crippen molar-refractivity contribution in [2.45, 2.75) is 65.0 Å². The van der Waals surface area contributed by atoms with Gasteiger partial charge in [-0.15, -0.1) is 0 Å². The highest BCUT2D eigenvalue weighted by molar-refractivity contribution is 5.88. The Hall–Kier alpha value is -3.40. The van der Waals surface area contributed by atoms with E-state index in [-0.39, 0.29) is 17.2 Å². The molecule has 0 bridgehead atoms. The minimum atomic E-state index is -0.584. The Labute approximate surface area is 210 Å². The number of aryl methyl sites for hydroxylation is 2. The van der Waals surface area contributed by atoms with Gasteiger partial charge in [0.15, 0.2) is 0 Å². The van der Waals surface area contributed by atoms with Gasteiger partial charge in [0.05, 0.1) is 0 Å². The van der Waals surface area contributed by atoms with Crippen molar-refractivity contribution in [3.8, 4) is 0 Å². The van der Waals surface area contributed by atoms with Gasteiger partial charge in [-0.25, -0.2) is 0 Å². The molecule has 3 rings (SSSR count). The molecule has 0 aromatic heterocycles. The van der Waals surface area contributed by atoms with Crippen molar-refractivity contribution in [3.05, 3.63) is 107 Å². The lowest BCUT2D eigenvalue weighted by molar-refractivity contribution is -0.141. The highest BCUT2D eigenvalue weighted by Gasteiger charge is 2.29. The van der Waals surface area contributed by atoms with Crippen LogP contribution in [0.3, 0.4) is 0 Å². The molecule has 0 aliphatic carbocycles. The third-order valence-corrected chi connectivity index (χ3v) is 6.44. The molecular formula is C31H38N2O2. The maximum Gasteiger partial charge on any atom is 0.242 e. The van der Waals surface area contributed by atoms with E-state index in [0.717, 1.165) is 22.3 Å². The molecule has 4 nitrogen and oxygen atoms in total. The number of hydrogen-bond donors (Lipinski definition) is 1. The van der Waals surface area contributed by atoms with E-state index in [1.807, 2.05) is 61.5 Å². The summed E-state index contributed by atoms with van der Waals surface area (Å²) in [5.41, 5.74) is 5.70. The van der Waals surface area contributed by atoms with E-state index in [2.05, 4.69) is 50.4 Å². The van der Waals surface area contributed by atoms with Crippen molar-refractivity contribution in [2.75, 3.05) is 7.05 Å². The lowest BCUT2D eigenvalue weighted by Crippen LogP contribution is -2.49. The first-order chi connectivity index (χ1) is 16.7. The van der Waals surface area contributed by atoms with Gasteiger partial charge in [-0.05, 0) is 41.0 Å². The zero-order chi connectivity index (χ0) is 25.4. The number of rotatable bonds is 9. The van der Waals surface area contributed by atoms with Crippen LogP contribution in [-0.2, 0) is 34.4 Å². The SMILES string of the molecule is CNC(=O)C(Cc1ccccc1)N(Cc1ccc(C)cc1)C(=O)CCc1ccc(C(C)(C)C)cc1. The molecule has 0 heterocycles. The van der Waals surface area contributed by atoms with Crippen LogP contribution in [0.15, 0.2) is 78.9 Å². The average Bonchev–Trinajstić information content (AvgIpc) is 2.85. The predicted molar refractivity (Wildman–Crippen MR) is 143 cm³/mol. The molecule has 0 aliphatic heterocycles. The number of hydrogen-bond acceptors (Lipinski definition) is 2. The van der Waals surface area contributed by atoms with E-state index < -0.39 is 6.04 Å². The maximum absolute atomic E-state index is 13.6. The van der Waals surface area contributed by atoms with Crippen molar-refractivity contribution in [3.63, 3.8) is 0 Å². The number of benzene rings is 3. The number of nitrogens with one attached hydrogen (secondary N) is 1. The van der Waals surface area contributed by atoms with Crippen molar-refractivity contribution in [2.24, 2.45) is 0 Å². The molecule has 0 saturated carbocycles. The quantitative estimate of drug-likeness (QED) is 0.442. The van der Waals surface area contributed by atoms with Crippen LogP contribution in [0.4, 0.5) is 0 Å². The Bertz CT molecular complexity index is 1100. The van der Waals surface area contributed by atoms with Gasteiger partial charge in [0.2, 0.25) is 11.8 Å². The van der Waals surface area contributed by atoms with Crippen molar-refractivity contribution >= 4 is 11.8 Å². The summed E-state index contributed by atoms with van der Waals surface area (Å²) in [4.78, 5) is 28.4. The summed E-state index contributed by atoms with van der Waals surface area (Å²) < 4.78 is 0. The highest BCUT2D eigenvalue weighted by atomic mass is 16.2. The third kappa shape index (κ3) is 7.54. The molecule has 3 aromatic carbocycles. The molecule has 0 radical (unpaired) electrons. The summed E-state index contributed by atoms with van der Waals surface area (Å²) in [6.45, 7) is 9.02. The van der Waals surface area contributed by atoms with E-state index in [0.29, 0.717) is 25.8 Å². The third-order valence-electron chi connectivity index (χ3n) is 6.44. The summed E-state index contributed by atoms with van der Waals surface area (Å²) in [5.74, 6) is -0.168. The van der Waals surface area contributed by atoms with Gasteiger partial charge in [-0.3, -0.25) is 9.59 Å². The molecule has 0 fully saturated rings. The predicted octanol–water partition coefficient (Wildman–Crippen LogP) is 5.61. The fourth-order valence-electron chi connectivity index (χ4n) is 4.18. The number of nitrogens with zero attached hydrogens (tertiary/aromatic N) is 1. The molecule has 4 heteroatoms. The second kappa shape index (κ2) is 11.8. The van der Waals surface area contributed by atoms with Crippen molar-refractivity contribution in [1.82, 2.24) is 10.2 Å². The standard InChI is InChI=1S/C31H38N2O2/c1-23-11-13-26(14-12-23)22-33(28(30(35)32-5)21-25-9-7-6-8-10-25)29(34)20-17-24-15-18-27(19-16-24)31(2,3)4/h6-16,18-19,28H,17,20-22H2,1-5H3,(H,32,35). The Morgan fingerprint density at radius 1 is 0.829 bits per heavy atom. The minimum Gasteiger partial charge on any atom is -0.357 e. The van der Waals surface area contributed by atoms with Crippen LogP contribution in [0, 0.1) is 6.92 Å². The molecule has 1 N–H and O–H groups in total. The summed E-state index contributed by atoms with van der Waals surface area (Å²) in [6.07, 6.45) is 1.46. The van der Waals surface area contributed by atoms with E-state index in [9.17, 15) is 9.59 Å². The first kappa shape index (κ1) is 26.2. The molecule has 184 valence electrons. The Morgan fingerprint density at radius 3 is 2.00 bits per heavy atom. The van der Waals surface area contributed by atoms with Gasteiger partial charge < -0.3 is 10.2 Å². The maximum atomic E-state index is 13.6. The zero-order valence-electron chi connectivity index (χ0n) is 21.7. The van der Waals surface area contributed by atoms with Gasteiger partial charge in [0.1, 0.15) is 6.04 Å². The second-order valence-electron chi connectivity index (χ2n) is 10.3. The van der Waals surface area contributed by atoms with E-state index in [1.165, 1.54) is 5.56 Å². The number of carbonyl (C=O) groups is 2. The topological polar surface area (TPSA) is 49.4 Å². The fourth-order valence-corrected chi connectivity index (χ4v) is 4.18. The van der Waals surface area contributed by atoms with Crippen LogP contribution >= 0.6 is 0 Å². The van der Waals surface area contributed by atoms with Crippen LogP contribution in [0.1, 0.15) is 55.0 Å². The summed E-state index contributed by atoms with van der Waals surface area (Å²) in [5, 5.41) is 2.78. The van der Waals surface area contributed by atoms with E-state index in [4.69, 9.17) is 0 Å². The Kier molecular flexibility index (Phi) is 8.86. The molecule has 0 aliphatic rings. The molecule has 1 unspecified atom stereocenters. The molecule has 3 aromatic rings. The van der Waals surface area contributed by atoms with Crippen LogP contribution in [-0.4, -0.2) is 29.8 Å². The molecule has 0 spiro atoms. The lowest BCUT2D eigenvalue weighted by Gasteiger charge is -2.31. The van der Waals surface area contributed by atoms with Gasteiger partial charge in [-0.2, -0.15) is 0 Å². The first-order valence-electron chi connectivity index (χ1n) is 12.4. The Balaban J connectivity index is 1.83. The van der Waals surface area contributed by atoms with E-state index >= 15 is 0 Å². The van der Waals surface area contributed by atoms with Crippen molar-refractivity contribution in [1.29, 1.82) is 0 Å². The smallest absolute Gasteiger partial charge is 0.242 e. The summed E-state index contributed by atoms with van der Waals surface area (Å²) in [7, 11) is 1.63. The normalized spacial score (nSPS) is 12.1. The van der Waals surface area contributed by atoms with Crippen LogP contribution in [0.5, 0.6) is 0 Å². The largest absolute Gasteiger partial charge is 0.357 e. The molecule has 2 amide bonds. The molecule has 35 heavy (non-hydrogen) atoms. The zero-order valence-corrected chi connectivity index (χ0v) is 21.7.